The second-order valence-electron chi connectivity index (χ2n) is 6.24. The van der Waals surface area contributed by atoms with Gasteiger partial charge in [-0.25, -0.2) is 0 Å². The van der Waals surface area contributed by atoms with E-state index in [2.05, 4.69) is 5.32 Å². The third-order valence-electron chi connectivity index (χ3n) is 4.33. The Bertz CT molecular complexity index is 1110. The van der Waals surface area contributed by atoms with Crippen molar-refractivity contribution in [2.24, 2.45) is 0 Å². The van der Waals surface area contributed by atoms with Crippen LogP contribution in [-0.2, 0) is 4.79 Å². The summed E-state index contributed by atoms with van der Waals surface area (Å²) in [6, 6.07) is 18.1. The van der Waals surface area contributed by atoms with E-state index in [4.69, 9.17) is 23.2 Å². The Morgan fingerprint density at radius 2 is 1.79 bits per heavy atom. The highest BCUT2D eigenvalue weighted by molar-refractivity contribution is 6.32. The van der Waals surface area contributed by atoms with Crippen LogP contribution in [-0.4, -0.2) is 10.5 Å². The van der Waals surface area contributed by atoms with Crippen molar-refractivity contribution < 1.29 is 4.79 Å². The molecule has 2 aromatic carbocycles. The molecular weight excluding hydrogens is 393 g/mol. The fourth-order valence-corrected chi connectivity index (χ4v) is 3.32. The van der Waals surface area contributed by atoms with Gasteiger partial charge < -0.3 is 9.88 Å². The summed E-state index contributed by atoms with van der Waals surface area (Å²) in [6.45, 7) is 3.88. The van der Waals surface area contributed by atoms with Crippen molar-refractivity contribution in [3.63, 3.8) is 0 Å². The van der Waals surface area contributed by atoms with E-state index in [0.717, 1.165) is 22.6 Å². The lowest BCUT2D eigenvalue weighted by molar-refractivity contribution is -0.112. The number of anilines is 1. The maximum atomic E-state index is 12.5. The highest BCUT2D eigenvalue weighted by Crippen LogP contribution is 2.27. The van der Waals surface area contributed by atoms with E-state index in [1.807, 2.05) is 54.8 Å². The SMILES string of the molecule is Cc1cc(/C=C(/C#N)C(=O)Nc2ccc(Cl)cc2)c(C)n1-c1ccccc1Cl. The molecule has 0 radical (unpaired) electrons. The standard InChI is InChI=1S/C22H17Cl2N3O/c1-14-11-16(15(2)27(14)21-6-4-3-5-20(21)24)12-17(13-25)22(28)26-19-9-7-18(23)8-10-19/h3-12H,1-2H3,(H,26,28)/b17-12-. The first-order valence-corrected chi connectivity index (χ1v) is 9.29. The quantitative estimate of drug-likeness (QED) is 0.427. The van der Waals surface area contributed by atoms with Crippen molar-refractivity contribution in [3.8, 4) is 11.8 Å². The number of halogens is 2. The summed E-state index contributed by atoms with van der Waals surface area (Å²) in [5, 5.41) is 13.4. The van der Waals surface area contributed by atoms with E-state index in [1.165, 1.54) is 0 Å². The number of aromatic nitrogens is 1. The van der Waals surface area contributed by atoms with Crippen molar-refractivity contribution in [1.29, 1.82) is 5.26 Å². The first kappa shape index (κ1) is 19.8. The molecule has 0 fully saturated rings. The number of benzene rings is 2. The minimum absolute atomic E-state index is 0.00867. The first-order chi connectivity index (χ1) is 13.4. The summed E-state index contributed by atoms with van der Waals surface area (Å²) in [4.78, 5) is 12.5. The molecule has 1 N–H and O–H groups in total. The van der Waals surface area contributed by atoms with Gasteiger partial charge in [0.15, 0.2) is 0 Å². The highest BCUT2D eigenvalue weighted by atomic mass is 35.5. The van der Waals surface area contributed by atoms with Gasteiger partial charge in [0.25, 0.3) is 5.91 Å². The Balaban J connectivity index is 1.94. The van der Waals surface area contributed by atoms with Crippen LogP contribution in [0.15, 0.2) is 60.2 Å². The van der Waals surface area contributed by atoms with Gasteiger partial charge in [-0.1, -0.05) is 35.3 Å². The van der Waals surface area contributed by atoms with Crippen LogP contribution in [0.3, 0.4) is 0 Å². The lowest BCUT2D eigenvalue weighted by atomic mass is 10.1. The summed E-state index contributed by atoms with van der Waals surface area (Å²) in [5.74, 6) is -0.479. The Morgan fingerprint density at radius 3 is 2.43 bits per heavy atom. The fourth-order valence-electron chi connectivity index (χ4n) is 2.97. The Kier molecular flexibility index (Phi) is 5.89. The number of nitriles is 1. The number of rotatable bonds is 4. The summed E-state index contributed by atoms with van der Waals surface area (Å²) < 4.78 is 2.00. The predicted octanol–water partition coefficient (Wildman–Crippen LogP) is 5.95. The van der Waals surface area contributed by atoms with E-state index in [9.17, 15) is 10.1 Å². The number of amides is 1. The molecule has 6 heteroatoms. The maximum absolute atomic E-state index is 12.5. The molecule has 0 unspecified atom stereocenters. The molecule has 0 aliphatic heterocycles. The van der Waals surface area contributed by atoms with Crippen molar-refractivity contribution in [1.82, 2.24) is 4.57 Å². The van der Waals surface area contributed by atoms with Gasteiger partial charge in [0.2, 0.25) is 0 Å². The molecule has 0 spiro atoms. The smallest absolute Gasteiger partial charge is 0.266 e. The van der Waals surface area contributed by atoms with Crippen LogP contribution in [0, 0.1) is 25.2 Å². The molecule has 3 aromatic rings. The summed E-state index contributed by atoms with van der Waals surface area (Å²) in [7, 11) is 0. The van der Waals surface area contributed by atoms with Gasteiger partial charge in [-0.05, 0) is 68.0 Å². The molecule has 0 atom stereocenters. The maximum Gasteiger partial charge on any atom is 0.266 e. The summed E-state index contributed by atoms with van der Waals surface area (Å²) in [5.41, 5.74) is 4.04. The molecule has 140 valence electrons. The number of carbonyl (C=O) groups is 1. The van der Waals surface area contributed by atoms with E-state index >= 15 is 0 Å². The van der Waals surface area contributed by atoms with Gasteiger partial charge in [0.1, 0.15) is 11.6 Å². The Morgan fingerprint density at radius 1 is 1.11 bits per heavy atom. The lowest BCUT2D eigenvalue weighted by Gasteiger charge is -2.11. The van der Waals surface area contributed by atoms with Crippen LogP contribution in [0.25, 0.3) is 11.8 Å². The molecule has 1 amide bonds. The van der Waals surface area contributed by atoms with Crippen molar-refractivity contribution in [2.45, 2.75) is 13.8 Å². The van der Waals surface area contributed by atoms with Gasteiger partial charge in [0, 0.05) is 22.1 Å². The van der Waals surface area contributed by atoms with Gasteiger partial charge in [0.05, 0.1) is 10.7 Å². The number of hydrogen-bond acceptors (Lipinski definition) is 2. The van der Waals surface area contributed by atoms with Gasteiger partial charge in [-0.15, -0.1) is 0 Å². The highest BCUT2D eigenvalue weighted by Gasteiger charge is 2.15. The van der Waals surface area contributed by atoms with E-state index in [-0.39, 0.29) is 5.57 Å². The number of nitrogens with one attached hydrogen (secondary N) is 1. The minimum atomic E-state index is -0.479. The Labute approximate surface area is 173 Å². The number of aryl methyl sites for hydroxylation is 1. The molecule has 0 saturated heterocycles. The summed E-state index contributed by atoms with van der Waals surface area (Å²) in [6.07, 6.45) is 1.58. The van der Waals surface area contributed by atoms with E-state index in [0.29, 0.717) is 15.7 Å². The van der Waals surface area contributed by atoms with Crippen LogP contribution < -0.4 is 5.32 Å². The molecule has 3 rings (SSSR count). The van der Waals surface area contributed by atoms with Crippen LogP contribution in [0.2, 0.25) is 10.0 Å². The third kappa shape index (κ3) is 4.12. The summed E-state index contributed by atoms with van der Waals surface area (Å²) >= 11 is 12.2. The minimum Gasteiger partial charge on any atom is -0.321 e. The van der Waals surface area contributed by atoms with E-state index in [1.54, 1.807) is 30.3 Å². The van der Waals surface area contributed by atoms with Crippen LogP contribution >= 0.6 is 23.2 Å². The first-order valence-electron chi connectivity index (χ1n) is 8.53. The van der Waals surface area contributed by atoms with Crippen molar-refractivity contribution in [2.75, 3.05) is 5.32 Å². The monoisotopic (exact) mass is 409 g/mol. The number of nitrogens with zero attached hydrogens (tertiary/aromatic N) is 2. The van der Waals surface area contributed by atoms with E-state index < -0.39 is 5.91 Å². The van der Waals surface area contributed by atoms with Crippen LogP contribution in [0.5, 0.6) is 0 Å². The average molecular weight is 410 g/mol. The van der Waals surface area contributed by atoms with Gasteiger partial charge in [-0.2, -0.15) is 5.26 Å². The average Bonchev–Trinajstić information content (AvgIpc) is 2.95. The van der Waals surface area contributed by atoms with Crippen molar-refractivity contribution >= 4 is 40.9 Å². The zero-order valence-electron chi connectivity index (χ0n) is 15.3. The predicted molar refractivity (Wildman–Crippen MR) is 114 cm³/mol. The third-order valence-corrected chi connectivity index (χ3v) is 4.90. The van der Waals surface area contributed by atoms with Crippen LogP contribution in [0.1, 0.15) is 17.0 Å². The number of hydrogen-bond donors (Lipinski definition) is 1. The second kappa shape index (κ2) is 8.35. The zero-order valence-corrected chi connectivity index (χ0v) is 16.8. The molecule has 0 bridgehead atoms. The topological polar surface area (TPSA) is 57.8 Å². The fraction of sp³-hybridized carbons (Fsp3) is 0.0909. The zero-order chi connectivity index (χ0) is 20.3. The molecule has 4 nitrogen and oxygen atoms in total. The van der Waals surface area contributed by atoms with Gasteiger partial charge >= 0.3 is 0 Å². The molecule has 28 heavy (non-hydrogen) atoms. The number of carbonyl (C=O) groups excluding carboxylic acids is 1. The van der Waals surface area contributed by atoms with Crippen LogP contribution in [0.4, 0.5) is 5.69 Å². The number of para-hydroxylation sites is 1. The Hall–Kier alpha value is -3.00. The molecule has 0 saturated carbocycles. The largest absolute Gasteiger partial charge is 0.321 e. The molecule has 0 aliphatic rings. The lowest BCUT2D eigenvalue weighted by Crippen LogP contribution is -2.13. The molecular formula is C22H17Cl2N3O. The normalized spacial score (nSPS) is 11.2. The molecule has 1 heterocycles. The van der Waals surface area contributed by atoms with Gasteiger partial charge in [-0.3, -0.25) is 4.79 Å². The molecule has 0 aliphatic carbocycles. The second-order valence-corrected chi connectivity index (χ2v) is 7.09. The van der Waals surface area contributed by atoms with Crippen molar-refractivity contribution in [3.05, 3.63) is 87.2 Å². The molecule has 1 aromatic heterocycles.